The SMILES string of the molecule is c1ccc(-c2ccc(N(Cc3ccc4ccccc4c3-c3ccccc3)c3ccc(-c4ccc(-c5cc6nc(-c7ccccc7)oc6c6ccccc56)cc4)c(-c4ccccc4)c3)cc2)cc1. The van der Waals surface area contributed by atoms with Crippen LogP contribution >= 0.6 is 0 Å². The number of oxazole rings is 1. The van der Waals surface area contributed by atoms with E-state index in [2.05, 4.69) is 229 Å². The van der Waals surface area contributed by atoms with Crippen molar-refractivity contribution >= 4 is 44.0 Å². The third-order valence-electron chi connectivity index (χ3n) is 13.0. The lowest BCUT2D eigenvalue weighted by Gasteiger charge is -2.28. The Morgan fingerprint density at radius 2 is 0.851 bits per heavy atom. The zero-order valence-corrected chi connectivity index (χ0v) is 36.8. The summed E-state index contributed by atoms with van der Waals surface area (Å²) in [6.07, 6.45) is 0. The number of benzene rings is 11. The summed E-state index contributed by atoms with van der Waals surface area (Å²) >= 11 is 0. The molecule has 0 amide bonds. The lowest BCUT2D eigenvalue weighted by Crippen LogP contribution is -2.17. The summed E-state index contributed by atoms with van der Waals surface area (Å²) in [5.74, 6) is 0.627. The molecule has 1 aromatic heterocycles. The lowest BCUT2D eigenvalue weighted by atomic mass is 9.91. The molecular weight excluding hydrogens is 813 g/mol. The van der Waals surface area contributed by atoms with E-state index in [9.17, 15) is 0 Å². The van der Waals surface area contributed by atoms with Gasteiger partial charge in [-0.25, -0.2) is 4.98 Å². The molecule has 67 heavy (non-hydrogen) atoms. The van der Waals surface area contributed by atoms with Gasteiger partial charge in [-0.15, -0.1) is 0 Å². The highest BCUT2D eigenvalue weighted by Crippen LogP contribution is 2.42. The van der Waals surface area contributed by atoms with Crippen LogP contribution in [-0.4, -0.2) is 4.98 Å². The fourth-order valence-corrected chi connectivity index (χ4v) is 9.69. The molecule has 0 N–H and O–H groups in total. The average molecular weight is 857 g/mol. The predicted molar refractivity (Wildman–Crippen MR) is 280 cm³/mol. The molecule has 12 aromatic rings. The molecule has 1 heterocycles. The van der Waals surface area contributed by atoms with E-state index in [0.29, 0.717) is 12.4 Å². The summed E-state index contributed by atoms with van der Waals surface area (Å²) < 4.78 is 6.43. The third-order valence-corrected chi connectivity index (χ3v) is 13.0. The van der Waals surface area contributed by atoms with Gasteiger partial charge in [0.1, 0.15) is 5.52 Å². The minimum atomic E-state index is 0.627. The maximum Gasteiger partial charge on any atom is 0.227 e. The summed E-state index contributed by atoms with van der Waals surface area (Å²) in [5.41, 5.74) is 17.9. The van der Waals surface area contributed by atoms with Crippen LogP contribution in [0.2, 0.25) is 0 Å². The van der Waals surface area contributed by atoms with E-state index in [1.807, 2.05) is 30.3 Å². The van der Waals surface area contributed by atoms with E-state index < -0.39 is 0 Å². The summed E-state index contributed by atoms with van der Waals surface area (Å²) in [4.78, 5) is 7.45. The lowest BCUT2D eigenvalue weighted by molar-refractivity contribution is 0.623. The summed E-state index contributed by atoms with van der Waals surface area (Å²) in [7, 11) is 0. The van der Waals surface area contributed by atoms with Gasteiger partial charge >= 0.3 is 0 Å². The molecule has 316 valence electrons. The van der Waals surface area contributed by atoms with Crippen LogP contribution < -0.4 is 4.90 Å². The van der Waals surface area contributed by atoms with Gasteiger partial charge in [0.05, 0.1) is 0 Å². The Kier molecular flexibility index (Phi) is 10.3. The highest BCUT2D eigenvalue weighted by molar-refractivity contribution is 6.11. The summed E-state index contributed by atoms with van der Waals surface area (Å²) in [6.45, 7) is 0.665. The van der Waals surface area contributed by atoms with E-state index in [4.69, 9.17) is 9.40 Å². The molecular formula is C64H44N2O. The second-order valence-corrected chi connectivity index (χ2v) is 17.1. The second-order valence-electron chi connectivity index (χ2n) is 17.1. The van der Waals surface area contributed by atoms with Crippen molar-refractivity contribution in [2.75, 3.05) is 4.90 Å². The van der Waals surface area contributed by atoms with Gasteiger partial charge in [-0.05, 0) is 120 Å². The molecule has 0 aliphatic rings. The van der Waals surface area contributed by atoms with Gasteiger partial charge in [0.25, 0.3) is 0 Å². The number of hydrogen-bond donors (Lipinski definition) is 0. The van der Waals surface area contributed by atoms with Crippen molar-refractivity contribution in [3.8, 4) is 67.1 Å². The van der Waals surface area contributed by atoms with Crippen molar-refractivity contribution in [2.45, 2.75) is 6.54 Å². The first-order valence-corrected chi connectivity index (χ1v) is 22.9. The summed E-state index contributed by atoms with van der Waals surface area (Å²) in [6, 6.07) is 91.3. The number of nitrogens with zero attached hydrogens (tertiary/aromatic N) is 2. The second kappa shape index (κ2) is 17.3. The maximum atomic E-state index is 6.43. The zero-order valence-electron chi connectivity index (χ0n) is 36.8. The van der Waals surface area contributed by atoms with Crippen LogP contribution in [0.25, 0.3) is 99.7 Å². The van der Waals surface area contributed by atoms with E-state index in [1.54, 1.807) is 0 Å². The quantitative estimate of drug-likeness (QED) is 0.137. The number of anilines is 2. The Morgan fingerprint density at radius 1 is 0.343 bits per heavy atom. The third kappa shape index (κ3) is 7.63. The van der Waals surface area contributed by atoms with Crippen molar-refractivity contribution in [1.82, 2.24) is 4.98 Å². The van der Waals surface area contributed by atoms with E-state index in [0.717, 1.165) is 61.1 Å². The largest absolute Gasteiger partial charge is 0.435 e. The number of hydrogen-bond acceptors (Lipinski definition) is 3. The Hall–Kier alpha value is -8.79. The van der Waals surface area contributed by atoms with Crippen LogP contribution in [0.1, 0.15) is 5.56 Å². The van der Waals surface area contributed by atoms with Crippen molar-refractivity contribution in [2.24, 2.45) is 0 Å². The molecule has 0 atom stereocenters. The van der Waals surface area contributed by atoms with Crippen molar-refractivity contribution < 1.29 is 4.42 Å². The van der Waals surface area contributed by atoms with Crippen LogP contribution in [0.15, 0.2) is 259 Å². The van der Waals surface area contributed by atoms with Crippen LogP contribution in [0.5, 0.6) is 0 Å². The molecule has 0 fully saturated rings. The maximum absolute atomic E-state index is 6.43. The molecule has 0 spiro atoms. The van der Waals surface area contributed by atoms with Gasteiger partial charge < -0.3 is 9.32 Å². The molecule has 0 aliphatic heterocycles. The predicted octanol–water partition coefficient (Wildman–Crippen LogP) is 17.5. The number of rotatable bonds is 10. The Labute approximate surface area is 390 Å². The van der Waals surface area contributed by atoms with Gasteiger partial charge in [0, 0.05) is 28.9 Å². The van der Waals surface area contributed by atoms with Crippen LogP contribution in [0.4, 0.5) is 11.4 Å². The average Bonchev–Trinajstić information content (AvgIpc) is 3.86. The topological polar surface area (TPSA) is 29.3 Å². The van der Waals surface area contributed by atoms with Gasteiger partial charge in [-0.3, -0.25) is 0 Å². The van der Waals surface area contributed by atoms with Gasteiger partial charge in [-0.1, -0.05) is 212 Å². The summed E-state index contributed by atoms with van der Waals surface area (Å²) in [5, 5.41) is 4.66. The molecule has 0 radical (unpaired) electrons. The molecule has 12 rings (SSSR count). The molecule has 0 unspecified atom stereocenters. The molecule has 0 saturated carbocycles. The molecule has 0 aliphatic carbocycles. The molecule has 3 heteroatoms. The van der Waals surface area contributed by atoms with E-state index >= 15 is 0 Å². The van der Waals surface area contributed by atoms with Gasteiger partial charge in [0.15, 0.2) is 5.58 Å². The standard InChI is InChI=1S/C64H44N2O/c1-5-17-44(18-6-1)45-35-37-53(38-36-45)66(43-52-34-33-47-21-13-14-26-56(47)62(52)50-22-9-3-10-23-50)54-39-40-55(59(41-54)46-19-7-2-8-20-46)48-29-31-49(32-30-48)60-42-61-63(58-28-16-15-27-57(58)60)67-64(65-61)51-24-11-4-12-25-51/h1-42H,43H2. The Morgan fingerprint density at radius 3 is 1.54 bits per heavy atom. The van der Waals surface area contributed by atoms with E-state index in [1.165, 1.54) is 49.7 Å². The van der Waals surface area contributed by atoms with Crippen LogP contribution in [0.3, 0.4) is 0 Å². The van der Waals surface area contributed by atoms with Gasteiger partial charge in [0.2, 0.25) is 5.89 Å². The fourth-order valence-electron chi connectivity index (χ4n) is 9.69. The molecule has 0 saturated heterocycles. The van der Waals surface area contributed by atoms with Crippen molar-refractivity contribution in [3.63, 3.8) is 0 Å². The molecule has 11 aromatic carbocycles. The Bertz CT molecular complexity index is 3680. The smallest absolute Gasteiger partial charge is 0.227 e. The molecule has 0 bridgehead atoms. The normalized spacial score (nSPS) is 11.3. The highest BCUT2D eigenvalue weighted by atomic mass is 16.3. The Balaban J connectivity index is 0.973. The minimum Gasteiger partial charge on any atom is -0.435 e. The van der Waals surface area contributed by atoms with E-state index in [-0.39, 0.29) is 0 Å². The van der Waals surface area contributed by atoms with Crippen LogP contribution in [0, 0.1) is 0 Å². The fraction of sp³-hybridized carbons (Fsp3) is 0.0156. The van der Waals surface area contributed by atoms with Gasteiger partial charge in [-0.2, -0.15) is 0 Å². The van der Waals surface area contributed by atoms with Crippen molar-refractivity contribution in [3.05, 3.63) is 260 Å². The number of aromatic nitrogens is 1. The van der Waals surface area contributed by atoms with Crippen LogP contribution in [-0.2, 0) is 6.54 Å². The monoisotopic (exact) mass is 856 g/mol. The highest BCUT2D eigenvalue weighted by Gasteiger charge is 2.20. The first kappa shape index (κ1) is 39.8. The molecule has 3 nitrogen and oxygen atoms in total. The first-order valence-electron chi connectivity index (χ1n) is 22.9. The van der Waals surface area contributed by atoms with Crippen molar-refractivity contribution in [1.29, 1.82) is 0 Å². The zero-order chi connectivity index (χ0) is 44.5. The number of fused-ring (bicyclic) bond motifs is 4. The first-order chi connectivity index (χ1) is 33.2. The minimum absolute atomic E-state index is 0.627.